The normalized spacial score (nSPS) is 46.7. The van der Waals surface area contributed by atoms with Crippen molar-refractivity contribution >= 4 is 5.97 Å². The number of hydrogen-bond acceptors (Lipinski definition) is 4. The molecule has 2 aliphatic rings. The summed E-state index contributed by atoms with van der Waals surface area (Å²) in [7, 11) is 0. The van der Waals surface area contributed by atoms with Crippen LogP contribution in [0.1, 0.15) is 12.8 Å². The Balaban J connectivity index is 2.29. The minimum atomic E-state index is -1.90. The molecule has 0 aliphatic heterocycles. The highest BCUT2D eigenvalue weighted by Crippen LogP contribution is 2.53. The average molecular weight is 188 g/mol. The number of rotatable bonds is 1. The van der Waals surface area contributed by atoms with Gasteiger partial charge in [-0.1, -0.05) is 0 Å². The van der Waals surface area contributed by atoms with Crippen molar-refractivity contribution < 1.29 is 25.2 Å². The summed E-state index contributed by atoms with van der Waals surface area (Å²) in [5.41, 5.74) is 0. The molecule has 2 bridgehead atoms. The van der Waals surface area contributed by atoms with Gasteiger partial charge in [-0.2, -0.15) is 0 Å². The molecule has 0 amide bonds. The summed E-state index contributed by atoms with van der Waals surface area (Å²) in [5, 5.41) is 37.0. The van der Waals surface area contributed by atoms with E-state index in [0.717, 1.165) is 0 Å². The lowest BCUT2D eigenvalue weighted by atomic mass is 9.92. The number of carbonyl (C=O) groups is 1. The second kappa shape index (κ2) is 2.43. The summed E-state index contributed by atoms with van der Waals surface area (Å²) in [5.74, 6) is -4.96. The van der Waals surface area contributed by atoms with Crippen molar-refractivity contribution in [3.05, 3.63) is 0 Å². The molecule has 0 radical (unpaired) electrons. The van der Waals surface area contributed by atoms with Crippen LogP contribution in [-0.2, 0) is 4.79 Å². The zero-order valence-corrected chi connectivity index (χ0v) is 6.92. The van der Waals surface area contributed by atoms with Gasteiger partial charge in [0.15, 0.2) is 5.79 Å². The summed E-state index contributed by atoms with van der Waals surface area (Å²) in [6.45, 7) is 0. The van der Waals surface area contributed by atoms with E-state index in [9.17, 15) is 20.1 Å². The van der Waals surface area contributed by atoms with Gasteiger partial charge in [0.1, 0.15) is 0 Å². The van der Waals surface area contributed by atoms with Gasteiger partial charge in [-0.3, -0.25) is 4.79 Å². The lowest BCUT2D eigenvalue weighted by Gasteiger charge is -2.28. The Kier molecular flexibility index (Phi) is 1.67. The fraction of sp³-hybridized carbons (Fsp3) is 0.875. The van der Waals surface area contributed by atoms with Gasteiger partial charge in [0, 0.05) is 18.3 Å². The maximum absolute atomic E-state index is 10.8. The Morgan fingerprint density at radius 3 is 2.31 bits per heavy atom. The number of carboxylic acid groups (broad SMARTS) is 1. The third-order valence-electron chi connectivity index (χ3n) is 3.30. The summed E-state index contributed by atoms with van der Waals surface area (Å²) in [6.07, 6.45) is -0.553. The molecule has 0 aromatic heterocycles. The number of fused-ring (bicyclic) bond motifs is 2. The maximum atomic E-state index is 10.8. The number of carboxylic acids is 1. The van der Waals surface area contributed by atoms with E-state index in [4.69, 9.17) is 5.11 Å². The predicted molar refractivity (Wildman–Crippen MR) is 40.5 cm³/mol. The predicted octanol–water partition coefficient (Wildman–Crippen LogP) is -1.23. The number of aliphatic hydroxyl groups excluding tert-OH is 1. The van der Waals surface area contributed by atoms with Crippen molar-refractivity contribution in [3.8, 4) is 0 Å². The molecule has 0 heterocycles. The first-order valence-corrected chi connectivity index (χ1v) is 4.29. The van der Waals surface area contributed by atoms with Crippen molar-refractivity contribution in [2.75, 3.05) is 0 Å². The first-order valence-electron chi connectivity index (χ1n) is 4.29. The average Bonchev–Trinajstić information content (AvgIpc) is 2.38. The topological polar surface area (TPSA) is 98.0 Å². The van der Waals surface area contributed by atoms with Crippen LogP contribution in [-0.4, -0.2) is 38.3 Å². The second-order valence-corrected chi connectivity index (χ2v) is 4.02. The Labute approximate surface area is 74.6 Å². The molecule has 4 atom stereocenters. The quantitative estimate of drug-likeness (QED) is 0.386. The van der Waals surface area contributed by atoms with E-state index in [0.29, 0.717) is 0 Å². The molecule has 2 aliphatic carbocycles. The van der Waals surface area contributed by atoms with Crippen LogP contribution in [0.25, 0.3) is 0 Å². The van der Waals surface area contributed by atoms with Gasteiger partial charge in [0.2, 0.25) is 0 Å². The molecule has 2 fully saturated rings. The van der Waals surface area contributed by atoms with E-state index in [2.05, 4.69) is 0 Å². The molecule has 0 aromatic carbocycles. The molecule has 2 saturated carbocycles. The Hall–Kier alpha value is -0.650. The monoisotopic (exact) mass is 188 g/mol. The van der Waals surface area contributed by atoms with E-state index in [1.807, 2.05) is 0 Å². The van der Waals surface area contributed by atoms with Crippen molar-refractivity contribution in [1.29, 1.82) is 0 Å². The molecular weight excluding hydrogens is 176 g/mol. The highest BCUT2D eigenvalue weighted by Gasteiger charge is 2.62. The zero-order valence-electron chi connectivity index (χ0n) is 6.92. The standard InChI is InChI=1S/C8H12O5/c9-5-1-4-6(7(10)11)3(5)2-8(4,12)13/h3-6,9,12-13H,1-2H2,(H,10,11). The number of hydrogen-bond donors (Lipinski definition) is 4. The van der Waals surface area contributed by atoms with Crippen LogP contribution in [0.5, 0.6) is 0 Å². The zero-order chi connectivity index (χ0) is 9.80. The number of aliphatic carboxylic acids is 1. The van der Waals surface area contributed by atoms with Gasteiger partial charge in [-0.25, -0.2) is 0 Å². The van der Waals surface area contributed by atoms with Crippen molar-refractivity contribution in [3.63, 3.8) is 0 Å². The van der Waals surface area contributed by atoms with Gasteiger partial charge in [0.25, 0.3) is 0 Å². The fourth-order valence-corrected chi connectivity index (χ4v) is 2.71. The maximum Gasteiger partial charge on any atom is 0.307 e. The molecule has 2 rings (SSSR count). The smallest absolute Gasteiger partial charge is 0.307 e. The molecule has 4 unspecified atom stereocenters. The Bertz CT molecular complexity index is 249. The molecule has 13 heavy (non-hydrogen) atoms. The van der Waals surface area contributed by atoms with Gasteiger partial charge in [0.05, 0.1) is 12.0 Å². The summed E-state index contributed by atoms with van der Waals surface area (Å²) in [4.78, 5) is 10.8. The van der Waals surface area contributed by atoms with Crippen LogP contribution in [0.4, 0.5) is 0 Å². The van der Waals surface area contributed by atoms with Crippen molar-refractivity contribution in [1.82, 2.24) is 0 Å². The molecular formula is C8H12O5. The largest absolute Gasteiger partial charge is 0.481 e. The van der Waals surface area contributed by atoms with Gasteiger partial charge in [-0.05, 0) is 6.42 Å². The lowest BCUT2D eigenvalue weighted by Crippen LogP contribution is -2.38. The van der Waals surface area contributed by atoms with E-state index in [1.54, 1.807) is 0 Å². The van der Waals surface area contributed by atoms with Crippen molar-refractivity contribution in [2.45, 2.75) is 24.7 Å². The Morgan fingerprint density at radius 2 is 2.00 bits per heavy atom. The van der Waals surface area contributed by atoms with E-state index in [1.165, 1.54) is 0 Å². The minimum Gasteiger partial charge on any atom is -0.481 e. The lowest BCUT2D eigenvalue weighted by molar-refractivity contribution is -0.206. The van der Waals surface area contributed by atoms with Crippen LogP contribution in [0.3, 0.4) is 0 Å². The SMILES string of the molecule is O=C(O)C1C2CC(O)(O)C1CC2O. The molecule has 5 heteroatoms. The molecule has 74 valence electrons. The minimum absolute atomic E-state index is 0.0319. The molecule has 0 spiro atoms. The van der Waals surface area contributed by atoms with Gasteiger partial charge < -0.3 is 20.4 Å². The highest BCUT2D eigenvalue weighted by atomic mass is 16.5. The fourth-order valence-electron chi connectivity index (χ4n) is 2.71. The van der Waals surface area contributed by atoms with Gasteiger partial charge in [-0.15, -0.1) is 0 Å². The number of aliphatic hydroxyl groups is 3. The van der Waals surface area contributed by atoms with Crippen molar-refractivity contribution in [2.24, 2.45) is 17.8 Å². The van der Waals surface area contributed by atoms with Crippen LogP contribution >= 0.6 is 0 Å². The third kappa shape index (κ3) is 1.08. The summed E-state index contributed by atoms with van der Waals surface area (Å²) < 4.78 is 0. The van der Waals surface area contributed by atoms with Crippen LogP contribution < -0.4 is 0 Å². The first kappa shape index (κ1) is 8.93. The van der Waals surface area contributed by atoms with Crippen LogP contribution in [0.2, 0.25) is 0 Å². The first-order chi connectivity index (χ1) is 5.93. The van der Waals surface area contributed by atoms with E-state index < -0.39 is 35.6 Å². The molecule has 4 N–H and O–H groups in total. The summed E-state index contributed by atoms with van der Waals surface area (Å²) in [6, 6.07) is 0. The highest BCUT2D eigenvalue weighted by molar-refractivity contribution is 5.72. The van der Waals surface area contributed by atoms with Crippen LogP contribution in [0.15, 0.2) is 0 Å². The van der Waals surface area contributed by atoms with Crippen LogP contribution in [0, 0.1) is 17.8 Å². The van der Waals surface area contributed by atoms with Gasteiger partial charge >= 0.3 is 5.97 Å². The second-order valence-electron chi connectivity index (χ2n) is 4.02. The molecule has 5 nitrogen and oxygen atoms in total. The van der Waals surface area contributed by atoms with E-state index >= 15 is 0 Å². The molecule has 0 aromatic rings. The molecule has 0 saturated heterocycles. The Morgan fingerprint density at radius 1 is 1.38 bits per heavy atom. The van der Waals surface area contributed by atoms with E-state index in [-0.39, 0.29) is 12.8 Å². The summed E-state index contributed by atoms with van der Waals surface area (Å²) >= 11 is 0. The third-order valence-corrected chi connectivity index (χ3v) is 3.30.